The summed E-state index contributed by atoms with van der Waals surface area (Å²) in [5, 5.41) is 30.2. The zero-order chi connectivity index (χ0) is 23.8. The highest BCUT2D eigenvalue weighted by Crippen LogP contribution is 2.42. The molecule has 0 unspecified atom stereocenters. The Hall–Kier alpha value is -3.59. The van der Waals surface area contributed by atoms with Crippen LogP contribution in [-0.2, 0) is 20.2 Å². The molecule has 5 N–H and O–H groups in total. The van der Waals surface area contributed by atoms with Gasteiger partial charge in [-0.2, -0.15) is 16.8 Å². The van der Waals surface area contributed by atoms with Crippen molar-refractivity contribution in [2.75, 3.05) is 12.4 Å². The van der Waals surface area contributed by atoms with Gasteiger partial charge in [0.15, 0.2) is 5.75 Å². The molecule has 3 rings (SSSR count). The molecule has 32 heavy (non-hydrogen) atoms. The average molecular weight is 481 g/mol. The van der Waals surface area contributed by atoms with Gasteiger partial charge in [0.1, 0.15) is 16.3 Å². The largest absolute Gasteiger partial charge is 0.505 e. The molecule has 12 nitrogen and oxygen atoms in total. The summed E-state index contributed by atoms with van der Waals surface area (Å²) in [6, 6.07) is 7.94. The van der Waals surface area contributed by atoms with Crippen LogP contribution in [0, 0.1) is 0 Å². The molecule has 0 fully saturated rings. The van der Waals surface area contributed by atoms with Crippen LogP contribution in [0.1, 0.15) is 10.4 Å². The van der Waals surface area contributed by atoms with Crippen molar-refractivity contribution >= 4 is 54.0 Å². The minimum atomic E-state index is -4.92. The Morgan fingerprint density at radius 2 is 1.62 bits per heavy atom. The molecule has 14 heteroatoms. The first-order valence-corrected chi connectivity index (χ1v) is 11.4. The normalized spacial score (nSPS) is 12.3. The minimum absolute atomic E-state index is 0.149. The van der Waals surface area contributed by atoms with E-state index in [1.165, 1.54) is 12.1 Å². The van der Waals surface area contributed by atoms with Crippen molar-refractivity contribution in [1.29, 1.82) is 0 Å². The first-order valence-electron chi connectivity index (χ1n) is 8.54. The zero-order valence-electron chi connectivity index (χ0n) is 16.1. The molecule has 0 bridgehead atoms. The molecule has 168 valence electrons. The summed E-state index contributed by atoms with van der Waals surface area (Å²) >= 11 is 0. The van der Waals surface area contributed by atoms with Crippen molar-refractivity contribution in [3.05, 3.63) is 48.0 Å². The van der Waals surface area contributed by atoms with E-state index in [1.807, 2.05) is 0 Å². The summed E-state index contributed by atoms with van der Waals surface area (Å²) in [7, 11) is -8.01. The lowest BCUT2D eigenvalue weighted by Gasteiger charge is -2.10. The Morgan fingerprint density at radius 3 is 2.19 bits per heavy atom. The zero-order valence-corrected chi connectivity index (χ0v) is 17.7. The Labute approximate surface area is 181 Å². The monoisotopic (exact) mass is 481 g/mol. The smallest absolute Gasteiger partial charge is 0.337 e. The predicted octanol–water partition coefficient (Wildman–Crippen LogP) is 3.19. The third kappa shape index (κ3) is 4.52. The van der Waals surface area contributed by atoms with Crippen LogP contribution < -0.4 is 5.32 Å². The van der Waals surface area contributed by atoms with Gasteiger partial charge in [-0.25, -0.2) is 4.79 Å². The lowest BCUT2D eigenvalue weighted by Crippen LogP contribution is -2.01. The van der Waals surface area contributed by atoms with Gasteiger partial charge in [0.05, 0.1) is 10.5 Å². The molecule has 3 aromatic carbocycles. The van der Waals surface area contributed by atoms with Crippen LogP contribution in [0.5, 0.6) is 5.75 Å². The maximum absolute atomic E-state index is 11.9. The molecule has 3 aromatic rings. The second-order valence-electron chi connectivity index (χ2n) is 6.39. The Balaban J connectivity index is 2.29. The minimum Gasteiger partial charge on any atom is -0.505 e. The molecule has 0 saturated carbocycles. The number of nitrogens with zero attached hydrogens (tertiary/aromatic N) is 2. The second kappa shape index (κ2) is 8.16. The number of azo groups is 1. The van der Waals surface area contributed by atoms with Crippen molar-refractivity contribution in [3.63, 3.8) is 0 Å². The van der Waals surface area contributed by atoms with Crippen LogP contribution >= 0.6 is 0 Å². The fourth-order valence-corrected chi connectivity index (χ4v) is 4.00. The van der Waals surface area contributed by atoms with Gasteiger partial charge in [0.2, 0.25) is 0 Å². The third-order valence-electron chi connectivity index (χ3n) is 4.37. The number of aromatic hydroxyl groups is 1. The summed E-state index contributed by atoms with van der Waals surface area (Å²) in [6.07, 6.45) is 0. The molecule has 0 heterocycles. The number of hydrogen-bond acceptors (Lipinski definition) is 9. The highest BCUT2D eigenvalue weighted by atomic mass is 32.2. The molecule has 0 spiro atoms. The fourth-order valence-electron chi connectivity index (χ4n) is 2.84. The number of rotatable bonds is 6. The van der Waals surface area contributed by atoms with E-state index in [-0.39, 0.29) is 10.8 Å². The number of carboxylic acid groups (broad SMARTS) is 1. The van der Waals surface area contributed by atoms with E-state index in [2.05, 4.69) is 15.5 Å². The van der Waals surface area contributed by atoms with E-state index in [0.717, 1.165) is 18.2 Å². The molecular weight excluding hydrogens is 466 g/mol. The van der Waals surface area contributed by atoms with Crippen LogP contribution in [0.4, 0.5) is 17.1 Å². The highest BCUT2D eigenvalue weighted by Gasteiger charge is 2.23. The fraction of sp³-hybridized carbons (Fsp3) is 0.0556. The number of fused-ring (bicyclic) bond motifs is 1. The SMILES string of the molecule is CNc1ccc2c(O)c(N=Nc3cc(S(=O)(=O)O)ccc3C(=O)O)c(S(=O)(=O)O)cc2c1. The van der Waals surface area contributed by atoms with Crippen molar-refractivity contribution < 1.29 is 40.9 Å². The van der Waals surface area contributed by atoms with Gasteiger partial charge in [0, 0.05) is 18.1 Å². The van der Waals surface area contributed by atoms with Gasteiger partial charge in [0.25, 0.3) is 20.2 Å². The van der Waals surface area contributed by atoms with Crippen LogP contribution in [0.15, 0.2) is 62.5 Å². The number of anilines is 1. The van der Waals surface area contributed by atoms with E-state index in [9.17, 15) is 40.9 Å². The van der Waals surface area contributed by atoms with Crippen molar-refractivity contribution in [2.45, 2.75) is 9.79 Å². The molecule has 0 aliphatic rings. The van der Waals surface area contributed by atoms with Gasteiger partial charge in [-0.15, -0.1) is 10.2 Å². The number of aromatic carboxylic acids is 1. The number of carbonyl (C=O) groups is 1. The van der Waals surface area contributed by atoms with Crippen LogP contribution in [0.3, 0.4) is 0 Å². The summed E-state index contributed by atoms with van der Waals surface area (Å²) in [6.45, 7) is 0. The molecule has 0 aliphatic carbocycles. The second-order valence-corrected chi connectivity index (χ2v) is 9.20. The van der Waals surface area contributed by atoms with Crippen LogP contribution in [-0.4, -0.2) is 49.2 Å². The standard InChI is InChI=1S/C18H15N3O9S2/c1-19-10-2-4-12-9(6-10)7-15(32(28,29)30)16(17(12)22)21-20-14-8-11(31(25,26)27)3-5-13(14)18(23)24/h2-8,19,22H,1H3,(H,23,24)(H,25,26,27)(H,28,29,30). The lowest BCUT2D eigenvalue weighted by atomic mass is 10.1. The Bertz CT molecular complexity index is 1500. The number of phenols is 1. The Morgan fingerprint density at radius 1 is 0.938 bits per heavy atom. The molecule has 0 radical (unpaired) electrons. The number of hydrogen-bond donors (Lipinski definition) is 5. The molecule has 0 aliphatic heterocycles. The number of carboxylic acids is 1. The number of phenolic OH excluding ortho intramolecular Hbond substituents is 1. The molecular formula is C18H15N3O9S2. The molecule has 0 aromatic heterocycles. The summed E-state index contributed by atoms with van der Waals surface area (Å²) in [5.74, 6) is -2.19. The van der Waals surface area contributed by atoms with E-state index in [1.54, 1.807) is 13.1 Å². The van der Waals surface area contributed by atoms with Gasteiger partial charge in [-0.05, 0) is 47.9 Å². The van der Waals surface area contributed by atoms with E-state index < -0.39 is 58.7 Å². The van der Waals surface area contributed by atoms with Crippen LogP contribution in [0.25, 0.3) is 10.8 Å². The molecule has 0 saturated heterocycles. The van der Waals surface area contributed by atoms with E-state index >= 15 is 0 Å². The first kappa shape index (κ1) is 23.1. The van der Waals surface area contributed by atoms with Crippen molar-refractivity contribution in [2.24, 2.45) is 10.2 Å². The maximum Gasteiger partial charge on any atom is 0.337 e. The first-order chi connectivity index (χ1) is 14.8. The quantitative estimate of drug-likeness (QED) is 0.257. The highest BCUT2D eigenvalue weighted by molar-refractivity contribution is 7.86. The number of benzene rings is 3. The summed E-state index contributed by atoms with van der Waals surface area (Å²) < 4.78 is 65.3. The molecule has 0 amide bonds. The van der Waals surface area contributed by atoms with Crippen LogP contribution in [0.2, 0.25) is 0 Å². The van der Waals surface area contributed by atoms with Gasteiger partial charge < -0.3 is 15.5 Å². The van der Waals surface area contributed by atoms with Gasteiger partial charge in [-0.1, -0.05) is 0 Å². The van der Waals surface area contributed by atoms with Crippen molar-refractivity contribution in [3.8, 4) is 5.75 Å². The summed E-state index contributed by atoms with van der Waals surface area (Å²) in [5.41, 5.74) is -1.20. The van der Waals surface area contributed by atoms with Gasteiger partial charge >= 0.3 is 5.97 Å². The van der Waals surface area contributed by atoms with Gasteiger partial charge in [-0.3, -0.25) is 9.11 Å². The predicted molar refractivity (Wildman–Crippen MR) is 112 cm³/mol. The summed E-state index contributed by atoms with van der Waals surface area (Å²) in [4.78, 5) is 9.91. The topological polar surface area (TPSA) is 203 Å². The van der Waals surface area contributed by atoms with Crippen molar-refractivity contribution in [1.82, 2.24) is 0 Å². The number of nitrogens with one attached hydrogen (secondary N) is 1. The third-order valence-corrected chi connectivity index (χ3v) is 6.09. The maximum atomic E-state index is 11.9. The van der Waals surface area contributed by atoms with E-state index in [4.69, 9.17) is 0 Å². The Kier molecular flexibility index (Phi) is 5.88. The van der Waals surface area contributed by atoms with E-state index in [0.29, 0.717) is 11.8 Å². The lowest BCUT2D eigenvalue weighted by molar-refractivity contribution is 0.0697. The average Bonchev–Trinajstić information content (AvgIpc) is 2.70. The molecule has 0 atom stereocenters.